The first-order valence-electron chi connectivity index (χ1n) is 9.06. The van der Waals surface area contributed by atoms with Crippen molar-refractivity contribution in [1.82, 2.24) is 0 Å². The van der Waals surface area contributed by atoms with Crippen molar-refractivity contribution in [3.63, 3.8) is 0 Å². The van der Waals surface area contributed by atoms with Crippen LogP contribution in [0.15, 0.2) is 53.9 Å². The van der Waals surface area contributed by atoms with Crippen LogP contribution >= 0.6 is 11.3 Å². The molecule has 0 aliphatic carbocycles. The van der Waals surface area contributed by atoms with Crippen LogP contribution in [0.4, 0.5) is 10.1 Å². The van der Waals surface area contributed by atoms with Crippen molar-refractivity contribution in [3.05, 3.63) is 70.2 Å². The lowest BCUT2D eigenvalue weighted by molar-refractivity contribution is -0.116. The van der Waals surface area contributed by atoms with E-state index in [1.165, 1.54) is 6.07 Å². The number of fused-ring (bicyclic) bond motifs is 1. The summed E-state index contributed by atoms with van der Waals surface area (Å²) in [5.74, 6) is 0.473. The van der Waals surface area contributed by atoms with Gasteiger partial charge in [-0.2, -0.15) is 0 Å². The summed E-state index contributed by atoms with van der Waals surface area (Å²) in [5, 5.41) is 4.88. The van der Waals surface area contributed by atoms with Crippen LogP contribution in [-0.4, -0.2) is 12.5 Å². The first-order valence-corrected chi connectivity index (χ1v) is 9.94. The molecule has 138 valence electrons. The number of halogens is 1. The summed E-state index contributed by atoms with van der Waals surface area (Å²) >= 11 is 1.57. The van der Waals surface area contributed by atoms with Crippen molar-refractivity contribution < 1.29 is 13.9 Å². The highest BCUT2D eigenvalue weighted by Gasteiger charge is 2.30. The van der Waals surface area contributed by atoms with Crippen LogP contribution in [-0.2, 0) is 4.79 Å². The zero-order valence-electron chi connectivity index (χ0n) is 15.0. The Morgan fingerprint density at radius 3 is 2.67 bits per heavy atom. The Morgan fingerprint density at radius 2 is 1.93 bits per heavy atom. The highest BCUT2D eigenvalue weighted by atomic mass is 32.1. The van der Waals surface area contributed by atoms with Gasteiger partial charge in [0.25, 0.3) is 0 Å². The molecule has 2 heterocycles. The van der Waals surface area contributed by atoms with Gasteiger partial charge in [-0.3, -0.25) is 4.79 Å². The molecular formula is C22H20FNO2S. The SMILES string of the molecule is CCCOc1ccc([C@@H]2CC(=O)Nc3c(-c4ccccc4F)csc32)cc1. The maximum absolute atomic E-state index is 14.3. The molecule has 4 rings (SSSR count). The summed E-state index contributed by atoms with van der Waals surface area (Å²) in [7, 11) is 0. The Bertz CT molecular complexity index is 965. The third-order valence-electron chi connectivity index (χ3n) is 4.71. The molecule has 0 spiro atoms. The number of hydrogen-bond donors (Lipinski definition) is 1. The summed E-state index contributed by atoms with van der Waals surface area (Å²) in [6.45, 7) is 2.76. The number of amides is 1. The van der Waals surface area contributed by atoms with Gasteiger partial charge in [0.15, 0.2) is 0 Å². The molecule has 3 aromatic rings. The average Bonchev–Trinajstić information content (AvgIpc) is 3.10. The van der Waals surface area contributed by atoms with Gasteiger partial charge in [-0.25, -0.2) is 4.39 Å². The van der Waals surface area contributed by atoms with Crippen LogP contribution in [0.2, 0.25) is 0 Å². The molecule has 0 fully saturated rings. The second-order valence-corrected chi connectivity index (χ2v) is 7.50. The minimum atomic E-state index is -0.285. The first-order chi connectivity index (χ1) is 13.2. The first kappa shape index (κ1) is 17.7. The molecule has 0 unspecified atom stereocenters. The van der Waals surface area contributed by atoms with Gasteiger partial charge in [-0.15, -0.1) is 11.3 Å². The molecule has 0 saturated heterocycles. The largest absolute Gasteiger partial charge is 0.494 e. The van der Waals surface area contributed by atoms with Crippen molar-refractivity contribution in [3.8, 4) is 16.9 Å². The van der Waals surface area contributed by atoms with Crippen LogP contribution in [0.3, 0.4) is 0 Å². The predicted octanol–water partition coefficient (Wildman–Crippen LogP) is 5.82. The molecule has 1 aliphatic heterocycles. The minimum Gasteiger partial charge on any atom is -0.494 e. The molecule has 1 amide bonds. The third kappa shape index (κ3) is 3.47. The fourth-order valence-electron chi connectivity index (χ4n) is 3.39. The van der Waals surface area contributed by atoms with Crippen molar-refractivity contribution in [2.75, 3.05) is 11.9 Å². The number of rotatable bonds is 5. The van der Waals surface area contributed by atoms with Crippen LogP contribution < -0.4 is 10.1 Å². The van der Waals surface area contributed by atoms with Crippen molar-refractivity contribution in [1.29, 1.82) is 0 Å². The van der Waals surface area contributed by atoms with Gasteiger partial charge in [0.05, 0.1) is 12.3 Å². The molecule has 0 radical (unpaired) electrons. The minimum absolute atomic E-state index is 0.0282. The van der Waals surface area contributed by atoms with Crippen LogP contribution in [0.1, 0.15) is 36.1 Å². The number of hydrogen-bond acceptors (Lipinski definition) is 3. The van der Waals surface area contributed by atoms with Crippen molar-refractivity contribution >= 4 is 22.9 Å². The normalized spacial score (nSPS) is 15.9. The number of ether oxygens (including phenoxy) is 1. The van der Waals surface area contributed by atoms with Crippen molar-refractivity contribution in [2.24, 2.45) is 0 Å². The second-order valence-electron chi connectivity index (χ2n) is 6.59. The van der Waals surface area contributed by atoms with Crippen LogP contribution in [0.5, 0.6) is 5.75 Å². The fraction of sp³-hybridized carbons (Fsp3) is 0.227. The molecule has 2 aromatic carbocycles. The molecule has 1 aliphatic rings. The molecular weight excluding hydrogens is 361 g/mol. The van der Waals surface area contributed by atoms with Gasteiger partial charge in [-0.05, 0) is 30.2 Å². The maximum Gasteiger partial charge on any atom is 0.225 e. The Hall–Kier alpha value is -2.66. The van der Waals surface area contributed by atoms with Gasteiger partial charge >= 0.3 is 0 Å². The lowest BCUT2D eigenvalue weighted by Gasteiger charge is -2.24. The van der Waals surface area contributed by atoms with E-state index in [0.717, 1.165) is 33.9 Å². The Kier molecular flexibility index (Phi) is 4.94. The Balaban J connectivity index is 1.70. The molecule has 1 aromatic heterocycles. The Morgan fingerprint density at radius 1 is 1.15 bits per heavy atom. The number of thiophene rings is 1. The average molecular weight is 381 g/mol. The third-order valence-corrected chi connectivity index (χ3v) is 5.81. The highest BCUT2D eigenvalue weighted by molar-refractivity contribution is 7.11. The summed E-state index contributed by atoms with van der Waals surface area (Å²) in [4.78, 5) is 13.4. The Labute approximate surface area is 161 Å². The van der Waals surface area contributed by atoms with E-state index in [1.54, 1.807) is 29.5 Å². The van der Waals surface area contributed by atoms with E-state index < -0.39 is 0 Å². The van der Waals surface area contributed by atoms with Gasteiger partial charge < -0.3 is 10.1 Å². The van der Waals surface area contributed by atoms with Gasteiger partial charge in [0.2, 0.25) is 5.91 Å². The number of nitrogens with one attached hydrogen (secondary N) is 1. The van der Waals surface area contributed by atoms with E-state index >= 15 is 0 Å². The fourth-order valence-corrected chi connectivity index (χ4v) is 4.54. The molecule has 3 nitrogen and oxygen atoms in total. The standard InChI is InChI=1S/C22H20FNO2S/c1-2-11-26-15-9-7-14(8-10-15)17-12-20(25)24-21-18(13-27-22(17)21)16-5-3-4-6-19(16)23/h3-10,13,17H,2,11-12H2,1H3,(H,24,25)/t17-/m0/s1. The van der Waals surface area contributed by atoms with E-state index in [2.05, 4.69) is 12.2 Å². The van der Waals surface area contributed by atoms with E-state index in [1.807, 2.05) is 29.6 Å². The highest BCUT2D eigenvalue weighted by Crippen LogP contribution is 2.47. The zero-order valence-corrected chi connectivity index (χ0v) is 15.8. The lowest BCUT2D eigenvalue weighted by atomic mass is 9.89. The molecule has 0 saturated carbocycles. The topological polar surface area (TPSA) is 38.3 Å². The lowest BCUT2D eigenvalue weighted by Crippen LogP contribution is -2.22. The molecule has 0 bridgehead atoms. The second kappa shape index (κ2) is 7.53. The monoisotopic (exact) mass is 381 g/mol. The summed E-state index contributed by atoms with van der Waals surface area (Å²) < 4.78 is 19.9. The van der Waals surface area contributed by atoms with Gasteiger partial charge in [0, 0.05) is 33.7 Å². The van der Waals surface area contributed by atoms with Crippen LogP contribution in [0, 0.1) is 5.82 Å². The number of carbonyl (C=O) groups excluding carboxylic acids is 1. The van der Waals surface area contributed by atoms with Gasteiger partial charge in [0.1, 0.15) is 11.6 Å². The van der Waals surface area contributed by atoms with E-state index in [0.29, 0.717) is 18.6 Å². The smallest absolute Gasteiger partial charge is 0.225 e. The summed E-state index contributed by atoms with van der Waals surface area (Å²) in [5.41, 5.74) is 3.06. The molecule has 1 atom stereocenters. The quantitative estimate of drug-likeness (QED) is 0.605. The number of benzene rings is 2. The summed E-state index contributed by atoms with van der Waals surface area (Å²) in [6, 6.07) is 14.6. The predicted molar refractivity (Wildman–Crippen MR) is 107 cm³/mol. The van der Waals surface area contributed by atoms with E-state index in [9.17, 15) is 9.18 Å². The maximum atomic E-state index is 14.3. The molecule has 27 heavy (non-hydrogen) atoms. The van der Waals surface area contributed by atoms with Gasteiger partial charge in [-0.1, -0.05) is 37.3 Å². The zero-order chi connectivity index (χ0) is 18.8. The summed E-state index contributed by atoms with van der Waals surface area (Å²) in [6.07, 6.45) is 1.35. The van der Waals surface area contributed by atoms with E-state index in [-0.39, 0.29) is 17.6 Å². The molecule has 5 heteroatoms. The number of carbonyl (C=O) groups is 1. The van der Waals surface area contributed by atoms with E-state index in [4.69, 9.17) is 4.74 Å². The van der Waals surface area contributed by atoms with Crippen molar-refractivity contribution in [2.45, 2.75) is 25.7 Å². The molecule has 1 N–H and O–H groups in total. The number of anilines is 1. The van der Waals surface area contributed by atoms with Crippen LogP contribution in [0.25, 0.3) is 11.1 Å².